The van der Waals surface area contributed by atoms with Gasteiger partial charge in [-0.15, -0.1) is 0 Å². The van der Waals surface area contributed by atoms with E-state index in [1.165, 1.54) is 44.1 Å². The third-order valence-electron chi connectivity index (χ3n) is 6.11. The molecule has 150 valence electrons. The zero-order valence-corrected chi connectivity index (χ0v) is 18.0. The number of aryl methyl sites for hydroxylation is 3. The van der Waals surface area contributed by atoms with Gasteiger partial charge in [-0.3, -0.25) is 0 Å². The van der Waals surface area contributed by atoms with Crippen LogP contribution in [0.1, 0.15) is 37.8 Å². The highest BCUT2D eigenvalue weighted by atomic mass is 16.3. The number of hydrogen-bond donors (Lipinski definition) is 0. The van der Waals surface area contributed by atoms with Gasteiger partial charge in [0.1, 0.15) is 17.7 Å². The zero-order chi connectivity index (χ0) is 20.7. The second kappa shape index (κ2) is 7.60. The van der Waals surface area contributed by atoms with Crippen molar-refractivity contribution in [3.8, 4) is 11.3 Å². The second-order valence-electron chi connectivity index (χ2n) is 8.24. The molecule has 30 heavy (non-hydrogen) atoms. The molecule has 0 saturated carbocycles. The molecule has 2 heterocycles. The lowest BCUT2D eigenvalue weighted by Gasteiger charge is -2.13. The van der Waals surface area contributed by atoms with Gasteiger partial charge < -0.3 is 4.42 Å². The molecule has 0 saturated heterocycles. The topological polar surface area (TPSA) is 17.0 Å². The molecule has 0 aliphatic rings. The molecule has 0 amide bonds. The monoisotopic (exact) mass is 394 g/mol. The molecule has 3 aromatic carbocycles. The summed E-state index contributed by atoms with van der Waals surface area (Å²) in [6, 6.07) is 24.1. The SMILES string of the molecule is CCCc1cc2c(cc1-c1cc(C)c3ccccc3[n+]1CCC)oc1ccccc12. The first-order valence-electron chi connectivity index (χ1n) is 11.1. The number of hydrogen-bond acceptors (Lipinski definition) is 1. The van der Waals surface area contributed by atoms with E-state index in [4.69, 9.17) is 4.42 Å². The number of para-hydroxylation sites is 2. The van der Waals surface area contributed by atoms with Crippen LogP contribution >= 0.6 is 0 Å². The van der Waals surface area contributed by atoms with Crippen molar-refractivity contribution in [2.24, 2.45) is 0 Å². The molecule has 0 unspecified atom stereocenters. The van der Waals surface area contributed by atoms with Crippen LogP contribution in [0.5, 0.6) is 0 Å². The molecule has 2 heteroatoms. The Morgan fingerprint density at radius 2 is 1.53 bits per heavy atom. The zero-order valence-electron chi connectivity index (χ0n) is 18.0. The smallest absolute Gasteiger partial charge is 0.213 e. The molecule has 5 aromatic rings. The van der Waals surface area contributed by atoms with E-state index in [2.05, 4.69) is 86.0 Å². The summed E-state index contributed by atoms with van der Waals surface area (Å²) in [6.07, 6.45) is 3.28. The molecule has 0 atom stereocenters. The van der Waals surface area contributed by atoms with Crippen LogP contribution in [0, 0.1) is 6.92 Å². The van der Waals surface area contributed by atoms with Crippen molar-refractivity contribution in [1.82, 2.24) is 0 Å². The summed E-state index contributed by atoms with van der Waals surface area (Å²) in [7, 11) is 0. The van der Waals surface area contributed by atoms with Crippen LogP contribution in [0.4, 0.5) is 0 Å². The third-order valence-corrected chi connectivity index (χ3v) is 6.11. The molecule has 0 spiro atoms. The Kier molecular flexibility index (Phi) is 4.78. The highest BCUT2D eigenvalue weighted by Crippen LogP contribution is 2.35. The predicted octanol–water partition coefficient (Wildman–Crippen LogP) is 7.36. The summed E-state index contributed by atoms with van der Waals surface area (Å²) in [5, 5.41) is 3.75. The molecule has 0 fully saturated rings. The fraction of sp³-hybridized carbons (Fsp3) is 0.250. The molecule has 0 aliphatic heterocycles. The van der Waals surface area contributed by atoms with Crippen molar-refractivity contribution in [3.05, 3.63) is 77.9 Å². The fourth-order valence-electron chi connectivity index (χ4n) is 4.75. The number of aromatic nitrogens is 1. The lowest BCUT2D eigenvalue weighted by Crippen LogP contribution is -2.37. The average molecular weight is 395 g/mol. The summed E-state index contributed by atoms with van der Waals surface area (Å²) in [5.41, 5.74) is 8.55. The molecule has 5 rings (SSSR count). The lowest BCUT2D eigenvalue weighted by molar-refractivity contribution is -0.660. The maximum absolute atomic E-state index is 6.26. The number of nitrogens with zero attached hydrogens (tertiary/aromatic N) is 1. The highest BCUT2D eigenvalue weighted by molar-refractivity contribution is 6.06. The van der Waals surface area contributed by atoms with Gasteiger partial charge in [0.05, 0.1) is 5.56 Å². The first kappa shape index (κ1) is 18.9. The van der Waals surface area contributed by atoms with Gasteiger partial charge in [0, 0.05) is 34.7 Å². The van der Waals surface area contributed by atoms with Crippen molar-refractivity contribution >= 4 is 32.8 Å². The Hall–Kier alpha value is -3.13. The van der Waals surface area contributed by atoms with E-state index in [9.17, 15) is 0 Å². The second-order valence-corrected chi connectivity index (χ2v) is 8.24. The van der Waals surface area contributed by atoms with E-state index in [1.54, 1.807) is 0 Å². The van der Waals surface area contributed by atoms with Crippen LogP contribution in [0.25, 0.3) is 44.1 Å². The quantitative estimate of drug-likeness (QED) is 0.284. The van der Waals surface area contributed by atoms with Gasteiger partial charge in [-0.2, -0.15) is 4.57 Å². The van der Waals surface area contributed by atoms with Gasteiger partial charge in [-0.1, -0.05) is 50.6 Å². The van der Waals surface area contributed by atoms with Crippen molar-refractivity contribution in [1.29, 1.82) is 0 Å². The number of benzene rings is 3. The van der Waals surface area contributed by atoms with Crippen LogP contribution in [0.3, 0.4) is 0 Å². The maximum Gasteiger partial charge on any atom is 0.213 e. The molecule has 0 N–H and O–H groups in total. The first-order chi connectivity index (χ1) is 14.7. The lowest BCUT2D eigenvalue weighted by atomic mass is 9.95. The fourth-order valence-corrected chi connectivity index (χ4v) is 4.75. The normalized spacial score (nSPS) is 11.7. The number of furan rings is 1. The van der Waals surface area contributed by atoms with Gasteiger partial charge in [-0.05, 0) is 48.7 Å². The first-order valence-corrected chi connectivity index (χ1v) is 11.1. The molecule has 2 nitrogen and oxygen atoms in total. The molecule has 0 radical (unpaired) electrons. The maximum atomic E-state index is 6.26. The number of pyridine rings is 1. The van der Waals surface area contributed by atoms with E-state index in [-0.39, 0.29) is 0 Å². The van der Waals surface area contributed by atoms with Crippen molar-refractivity contribution < 1.29 is 8.98 Å². The Morgan fingerprint density at radius 3 is 2.33 bits per heavy atom. The number of rotatable bonds is 5. The van der Waals surface area contributed by atoms with Crippen molar-refractivity contribution in [3.63, 3.8) is 0 Å². The van der Waals surface area contributed by atoms with E-state index in [0.29, 0.717) is 0 Å². The third kappa shape index (κ3) is 2.99. The summed E-state index contributed by atoms with van der Waals surface area (Å²) in [5.74, 6) is 0. The van der Waals surface area contributed by atoms with Crippen molar-refractivity contribution in [2.45, 2.75) is 46.6 Å². The van der Waals surface area contributed by atoms with Gasteiger partial charge in [0.2, 0.25) is 11.2 Å². The van der Waals surface area contributed by atoms with Crippen LogP contribution in [0.15, 0.2) is 71.1 Å². The minimum Gasteiger partial charge on any atom is -0.456 e. The molecule has 0 aliphatic carbocycles. The predicted molar refractivity (Wildman–Crippen MR) is 126 cm³/mol. The van der Waals surface area contributed by atoms with Gasteiger partial charge in [0.25, 0.3) is 0 Å². The van der Waals surface area contributed by atoms with E-state index < -0.39 is 0 Å². The molecule has 0 bridgehead atoms. The van der Waals surface area contributed by atoms with Gasteiger partial charge in [-0.25, -0.2) is 0 Å². The Balaban J connectivity index is 1.85. The van der Waals surface area contributed by atoms with Gasteiger partial charge in [0.15, 0.2) is 0 Å². The van der Waals surface area contributed by atoms with Crippen LogP contribution in [-0.2, 0) is 13.0 Å². The largest absolute Gasteiger partial charge is 0.456 e. The average Bonchev–Trinajstić information content (AvgIpc) is 3.13. The summed E-state index contributed by atoms with van der Waals surface area (Å²) < 4.78 is 8.75. The van der Waals surface area contributed by atoms with E-state index in [0.717, 1.165) is 37.0 Å². The Bertz CT molecular complexity index is 1380. The summed E-state index contributed by atoms with van der Waals surface area (Å²) >= 11 is 0. The molecular weight excluding hydrogens is 366 g/mol. The van der Waals surface area contributed by atoms with Crippen LogP contribution < -0.4 is 4.57 Å². The standard InChI is InChI=1S/C28H28NO/c1-4-10-20-17-24-22-12-7-9-14-27(22)30-28(24)18-23(20)26-16-19(3)21-11-6-8-13-25(21)29(26)15-5-2/h6-9,11-14,16-18H,4-5,10,15H2,1-3H3/q+1. The minimum atomic E-state index is 0.961. The van der Waals surface area contributed by atoms with E-state index >= 15 is 0 Å². The van der Waals surface area contributed by atoms with Crippen LogP contribution in [-0.4, -0.2) is 0 Å². The van der Waals surface area contributed by atoms with Gasteiger partial charge >= 0.3 is 0 Å². The highest BCUT2D eigenvalue weighted by Gasteiger charge is 2.22. The number of fused-ring (bicyclic) bond motifs is 4. The molecule has 2 aromatic heterocycles. The van der Waals surface area contributed by atoms with Crippen LogP contribution in [0.2, 0.25) is 0 Å². The van der Waals surface area contributed by atoms with E-state index in [1.807, 2.05) is 6.07 Å². The Labute approximate surface area is 177 Å². The molecular formula is C28H28NO+. The summed E-state index contributed by atoms with van der Waals surface area (Å²) in [6.45, 7) is 7.73. The summed E-state index contributed by atoms with van der Waals surface area (Å²) in [4.78, 5) is 0. The minimum absolute atomic E-state index is 0.961. The Morgan fingerprint density at radius 1 is 0.767 bits per heavy atom. The van der Waals surface area contributed by atoms with Crippen molar-refractivity contribution in [2.75, 3.05) is 0 Å².